The van der Waals surface area contributed by atoms with Gasteiger partial charge >= 0.3 is 0 Å². The number of fused-ring (bicyclic) bond motifs is 1. The molecule has 0 bridgehead atoms. The molecule has 106 valence electrons. The van der Waals surface area contributed by atoms with E-state index in [-0.39, 0.29) is 12.0 Å². The van der Waals surface area contributed by atoms with Gasteiger partial charge in [0.05, 0.1) is 0 Å². The quantitative estimate of drug-likeness (QED) is 0.835. The zero-order valence-corrected chi connectivity index (χ0v) is 11.4. The fraction of sp³-hybridized carbons (Fsp3) is 0.643. The number of nitrogens with one attached hydrogen (secondary N) is 1. The van der Waals surface area contributed by atoms with E-state index in [2.05, 4.69) is 24.9 Å². The number of rotatable bonds is 6. The van der Waals surface area contributed by atoms with Crippen LogP contribution in [0.25, 0.3) is 5.65 Å². The minimum Gasteiger partial charge on any atom is -0.396 e. The van der Waals surface area contributed by atoms with E-state index in [1.165, 1.54) is 25.7 Å². The first-order chi connectivity index (χ1) is 9.81. The fourth-order valence-corrected chi connectivity index (χ4v) is 2.79. The first-order valence-corrected chi connectivity index (χ1v) is 7.36. The monoisotopic (exact) mass is 273 g/mol. The van der Waals surface area contributed by atoms with Crippen LogP contribution in [-0.2, 0) is 0 Å². The summed E-state index contributed by atoms with van der Waals surface area (Å²) in [6.45, 7) is 1.11. The molecule has 0 radical (unpaired) electrons. The first kappa shape index (κ1) is 12.1. The van der Waals surface area contributed by atoms with Crippen LogP contribution in [0.2, 0.25) is 0 Å². The van der Waals surface area contributed by atoms with Gasteiger partial charge in [0.2, 0.25) is 5.65 Å². The molecule has 2 aliphatic rings. The molecule has 20 heavy (non-hydrogen) atoms. The van der Waals surface area contributed by atoms with Crippen molar-refractivity contribution in [2.75, 3.05) is 18.5 Å². The Balaban J connectivity index is 1.57. The Morgan fingerprint density at radius 2 is 2.20 bits per heavy atom. The number of hydrogen-bond donors (Lipinski definition) is 2. The summed E-state index contributed by atoms with van der Waals surface area (Å²) in [6, 6.07) is 0. The Morgan fingerprint density at radius 3 is 2.90 bits per heavy atom. The summed E-state index contributed by atoms with van der Waals surface area (Å²) in [5.74, 6) is 2.43. The number of aromatic nitrogens is 4. The van der Waals surface area contributed by atoms with Crippen molar-refractivity contribution < 1.29 is 5.11 Å². The summed E-state index contributed by atoms with van der Waals surface area (Å²) in [5.41, 5.74) is 1.08. The lowest BCUT2D eigenvalue weighted by atomic mass is 10.0. The highest BCUT2D eigenvalue weighted by Gasteiger charge is 2.41. The molecular formula is C14H19N5O. The summed E-state index contributed by atoms with van der Waals surface area (Å²) in [6.07, 6.45) is 9.40. The van der Waals surface area contributed by atoms with E-state index in [0.29, 0.717) is 5.92 Å². The average Bonchev–Trinajstić information content (AvgIpc) is 3.38. The van der Waals surface area contributed by atoms with Gasteiger partial charge in [-0.15, -0.1) is 10.2 Å². The molecule has 2 fully saturated rings. The smallest absolute Gasteiger partial charge is 0.203 e. The maximum absolute atomic E-state index is 9.11. The van der Waals surface area contributed by atoms with Crippen LogP contribution in [0.1, 0.15) is 43.8 Å². The van der Waals surface area contributed by atoms with E-state index in [4.69, 9.17) is 5.11 Å². The van der Waals surface area contributed by atoms with Crippen LogP contribution in [-0.4, -0.2) is 37.8 Å². The van der Waals surface area contributed by atoms with Crippen molar-refractivity contribution in [2.24, 2.45) is 5.41 Å². The van der Waals surface area contributed by atoms with Crippen LogP contribution in [0, 0.1) is 5.41 Å². The standard InChI is InChI=1S/C14H19N5O/c20-8-5-14(3-4-14)9-16-11-13-18-17-12(10-1-2-10)19(13)7-6-15-11/h6-7,10,20H,1-5,8-9H2,(H,15,16). The van der Waals surface area contributed by atoms with Crippen molar-refractivity contribution in [3.8, 4) is 0 Å². The summed E-state index contributed by atoms with van der Waals surface area (Å²) in [5, 5.41) is 21.1. The Kier molecular flexibility index (Phi) is 2.66. The number of anilines is 1. The third-order valence-corrected chi connectivity index (χ3v) is 4.53. The highest BCUT2D eigenvalue weighted by atomic mass is 16.3. The van der Waals surface area contributed by atoms with Crippen molar-refractivity contribution in [3.05, 3.63) is 18.2 Å². The molecule has 0 aromatic carbocycles. The molecule has 6 heteroatoms. The Labute approximate surface area is 117 Å². The third kappa shape index (κ3) is 2.04. The molecule has 2 saturated carbocycles. The highest BCUT2D eigenvalue weighted by molar-refractivity contribution is 5.62. The molecule has 2 N–H and O–H groups in total. The van der Waals surface area contributed by atoms with E-state index < -0.39 is 0 Å². The van der Waals surface area contributed by atoms with Crippen molar-refractivity contribution >= 4 is 11.5 Å². The van der Waals surface area contributed by atoms with Crippen LogP contribution in [0.4, 0.5) is 5.82 Å². The Hall–Kier alpha value is -1.69. The van der Waals surface area contributed by atoms with Gasteiger partial charge in [0, 0.05) is 31.5 Å². The molecule has 2 aromatic heterocycles. The third-order valence-electron chi connectivity index (χ3n) is 4.53. The molecule has 2 heterocycles. The molecule has 4 rings (SSSR count). The molecule has 0 aliphatic heterocycles. The zero-order chi connectivity index (χ0) is 13.6. The Morgan fingerprint density at radius 1 is 1.35 bits per heavy atom. The predicted molar refractivity (Wildman–Crippen MR) is 74.6 cm³/mol. The summed E-state index contributed by atoms with van der Waals surface area (Å²) < 4.78 is 2.05. The van der Waals surface area contributed by atoms with Crippen LogP contribution < -0.4 is 5.32 Å². The summed E-state index contributed by atoms with van der Waals surface area (Å²) >= 11 is 0. The molecule has 0 spiro atoms. The second-order valence-corrected chi connectivity index (χ2v) is 6.13. The maximum Gasteiger partial charge on any atom is 0.203 e. The topological polar surface area (TPSA) is 75.3 Å². The maximum atomic E-state index is 9.11. The molecule has 2 aromatic rings. The van der Waals surface area contributed by atoms with Crippen LogP contribution in [0.3, 0.4) is 0 Å². The lowest BCUT2D eigenvalue weighted by Gasteiger charge is -2.15. The van der Waals surface area contributed by atoms with Gasteiger partial charge in [0.1, 0.15) is 5.82 Å². The van der Waals surface area contributed by atoms with E-state index in [1.807, 2.05) is 6.20 Å². The average molecular weight is 273 g/mol. The molecular weight excluding hydrogens is 254 g/mol. The molecule has 0 saturated heterocycles. The van der Waals surface area contributed by atoms with Crippen molar-refractivity contribution in [3.63, 3.8) is 0 Å². The van der Waals surface area contributed by atoms with Gasteiger partial charge in [0.25, 0.3) is 0 Å². The first-order valence-electron chi connectivity index (χ1n) is 7.36. The summed E-state index contributed by atoms with van der Waals surface area (Å²) in [7, 11) is 0. The van der Waals surface area contributed by atoms with Crippen molar-refractivity contribution in [1.82, 2.24) is 19.6 Å². The van der Waals surface area contributed by atoms with Crippen LogP contribution in [0.5, 0.6) is 0 Å². The van der Waals surface area contributed by atoms with E-state index in [9.17, 15) is 0 Å². The minimum absolute atomic E-state index is 0.260. The fourth-order valence-electron chi connectivity index (χ4n) is 2.79. The van der Waals surface area contributed by atoms with Crippen LogP contribution >= 0.6 is 0 Å². The largest absolute Gasteiger partial charge is 0.396 e. The van der Waals surface area contributed by atoms with E-state index in [0.717, 1.165) is 30.3 Å². The predicted octanol–water partition coefficient (Wildman–Crippen LogP) is 1.58. The molecule has 2 aliphatic carbocycles. The van der Waals surface area contributed by atoms with Crippen LogP contribution in [0.15, 0.2) is 12.4 Å². The van der Waals surface area contributed by atoms with Gasteiger partial charge in [-0.1, -0.05) is 0 Å². The SMILES string of the molecule is OCCC1(CNc2nccn3c(C4CC4)nnc23)CC1. The second kappa shape index (κ2) is 4.41. The zero-order valence-electron chi connectivity index (χ0n) is 11.4. The second-order valence-electron chi connectivity index (χ2n) is 6.13. The molecule has 6 nitrogen and oxygen atoms in total. The van der Waals surface area contributed by atoms with Gasteiger partial charge in [0.15, 0.2) is 5.82 Å². The number of nitrogens with zero attached hydrogens (tertiary/aromatic N) is 4. The minimum atomic E-state index is 0.260. The van der Waals surface area contributed by atoms with Gasteiger partial charge in [-0.2, -0.15) is 0 Å². The van der Waals surface area contributed by atoms with E-state index in [1.54, 1.807) is 6.20 Å². The lowest BCUT2D eigenvalue weighted by Crippen LogP contribution is -2.18. The molecule has 0 amide bonds. The number of aliphatic hydroxyl groups is 1. The van der Waals surface area contributed by atoms with Crippen molar-refractivity contribution in [1.29, 1.82) is 0 Å². The molecule has 0 unspecified atom stereocenters. The van der Waals surface area contributed by atoms with Gasteiger partial charge < -0.3 is 10.4 Å². The van der Waals surface area contributed by atoms with E-state index >= 15 is 0 Å². The molecule has 0 atom stereocenters. The summed E-state index contributed by atoms with van der Waals surface area (Å²) in [4.78, 5) is 4.39. The van der Waals surface area contributed by atoms with Gasteiger partial charge in [-0.05, 0) is 37.5 Å². The normalized spacial score (nSPS) is 20.2. The van der Waals surface area contributed by atoms with Crippen molar-refractivity contribution in [2.45, 2.75) is 38.0 Å². The highest BCUT2D eigenvalue weighted by Crippen LogP contribution is 2.48. The number of hydrogen-bond acceptors (Lipinski definition) is 5. The lowest BCUT2D eigenvalue weighted by molar-refractivity contribution is 0.253. The van der Waals surface area contributed by atoms with Gasteiger partial charge in [-0.3, -0.25) is 4.40 Å². The number of aliphatic hydroxyl groups excluding tert-OH is 1. The Bertz CT molecular complexity index is 630. The van der Waals surface area contributed by atoms with Gasteiger partial charge in [-0.25, -0.2) is 4.98 Å².